The fourth-order valence-electron chi connectivity index (χ4n) is 3.89. The summed E-state index contributed by atoms with van der Waals surface area (Å²) in [5, 5.41) is 12.3. The predicted molar refractivity (Wildman–Crippen MR) is 135 cm³/mol. The maximum Gasteiger partial charge on any atom is 0.303 e. The zero-order valence-electron chi connectivity index (χ0n) is 20.0. The second-order valence-electron chi connectivity index (χ2n) is 8.81. The molecule has 0 atom stereocenters. The number of anilines is 1. The van der Waals surface area contributed by atoms with Gasteiger partial charge in [0, 0.05) is 18.7 Å². The van der Waals surface area contributed by atoms with Gasteiger partial charge < -0.3 is 10.4 Å². The number of benzene rings is 1. The number of hydrogen-bond acceptors (Lipinski definition) is 2. The highest BCUT2D eigenvalue weighted by atomic mass is 16.4. The van der Waals surface area contributed by atoms with Gasteiger partial charge in [-0.2, -0.15) is 0 Å². The Morgan fingerprint density at radius 2 is 1.45 bits per heavy atom. The third-order valence-corrected chi connectivity index (χ3v) is 5.80. The van der Waals surface area contributed by atoms with Crippen molar-refractivity contribution in [3.63, 3.8) is 0 Å². The van der Waals surface area contributed by atoms with Gasteiger partial charge in [-0.25, -0.2) is 0 Å². The average molecular weight is 430 g/mol. The van der Waals surface area contributed by atoms with Crippen LogP contribution >= 0.6 is 0 Å². The first-order valence-corrected chi connectivity index (χ1v) is 12.9. The Kier molecular flexibility index (Phi) is 17.7. The van der Waals surface area contributed by atoms with Gasteiger partial charge in [0.2, 0.25) is 0 Å². The Bertz CT molecular complexity index is 582. The van der Waals surface area contributed by atoms with Gasteiger partial charge in [0.25, 0.3) is 0 Å². The van der Waals surface area contributed by atoms with Crippen molar-refractivity contribution in [1.29, 1.82) is 0 Å². The van der Waals surface area contributed by atoms with Gasteiger partial charge in [0.05, 0.1) is 0 Å². The molecule has 0 saturated carbocycles. The van der Waals surface area contributed by atoms with Crippen LogP contribution < -0.4 is 5.32 Å². The summed E-state index contributed by atoms with van der Waals surface area (Å²) in [4.78, 5) is 10.6. The molecule has 0 fully saturated rings. The number of carbonyl (C=O) groups is 1. The molecule has 0 aliphatic rings. The van der Waals surface area contributed by atoms with E-state index >= 15 is 0 Å². The molecular weight excluding hydrogens is 382 g/mol. The number of carboxylic acids is 1. The van der Waals surface area contributed by atoms with E-state index in [0.29, 0.717) is 6.42 Å². The van der Waals surface area contributed by atoms with Crippen molar-refractivity contribution in [3.05, 3.63) is 42.0 Å². The van der Waals surface area contributed by atoms with Crippen molar-refractivity contribution in [2.24, 2.45) is 0 Å². The van der Waals surface area contributed by atoms with Crippen LogP contribution in [0.2, 0.25) is 0 Å². The summed E-state index contributed by atoms with van der Waals surface area (Å²) in [6.45, 7) is 3.29. The quantitative estimate of drug-likeness (QED) is 0.152. The predicted octanol–water partition coefficient (Wildman–Crippen LogP) is 8.54. The molecule has 0 spiro atoms. The summed E-state index contributed by atoms with van der Waals surface area (Å²) in [5.41, 5.74) is 2.37. The maximum absolute atomic E-state index is 10.6. The zero-order chi connectivity index (χ0) is 22.4. The van der Waals surface area contributed by atoms with Crippen LogP contribution in [0.1, 0.15) is 115 Å². The van der Waals surface area contributed by atoms with Crippen molar-refractivity contribution in [2.45, 2.75) is 116 Å². The summed E-state index contributed by atoms with van der Waals surface area (Å²) in [6, 6.07) is 8.39. The molecule has 0 aliphatic carbocycles. The second kappa shape index (κ2) is 20.2. The number of hydrogen-bond donors (Lipinski definition) is 2. The molecule has 0 amide bonds. The summed E-state index contributed by atoms with van der Waals surface area (Å²) < 4.78 is 0. The molecule has 3 nitrogen and oxygen atoms in total. The summed E-state index contributed by atoms with van der Waals surface area (Å²) >= 11 is 0. The molecular formula is C28H47NO2. The van der Waals surface area contributed by atoms with Crippen LogP contribution in [-0.4, -0.2) is 17.6 Å². The minimum Gasteiger partial charge on any atom is -0.481 e. The van der Waals surface area contributed by atoms with E-state index < -0.39 is 5.97 Å². The highest BCUT2D eigenvalue weighted by Gasteiger charge is 2.00. The lowest BCUT2D eigenvalue weighted by Crippen LogP contribution is -2.02. The molecule has 31 heavy (non-hydrogen) atoms. The SMILES string of the molecule is CCCCCCCCC=CCCCCCCCCNc1cccc(CCCC(=O)O)c1. The van der Waals surface area contributed by atoms with Gasteiger partial charge in [-0.15, -0.1) is 0 Å². The molecule has 0 saturated heterocycles. The van der Waals surface area contributed by atoms with Gasteiger partial charge in [0.1, 0.15) is 0 Å². The normalized spacial score (nSPS) is 11.3. The summed E-state index contributed by atoms with van der Waals surface area (Å²) in [7, 11) is 0. The van der Waals surface area contributed by atoms with Gasteiger partial charge in [-0.1, -0.05) is 89.0 Å². The molecule has 0 bridgehead atoms. The van der Waals surface area contributed by atoms with Crippen LogP contribution in [0.4, 0.5) is 5.69 Å². The van der Waals surface area contributed by atoms with Gasteiger partial charge in [0.15, 0.2) is 0 Å². The number of nitrogens with one attached hydrogen (secondary N) is 1. The Hall–Kier alpha value is -1.77. The van der Waals surface area contributed by atoms with Crippen LogP contribution in [-0.2, 0) is 11.2 Å². The van der Waals surface area contributed by atoms with E-state index in [-0.39, 0.29) is 6.42 Å². The molecule has 0 aromatic heterocycles. The van der Waals surface area contributed by atoms with E-state index in [2.05, 4.69) is 48.7 Å². The minimum absolute atomic E-state index is 0.243. The van der Waals surface area contributed by atoms with E-state index in [0.717, 1.165) is 18.7 Å². The maximum atomic E-state index is 10.6. The van der Waals surface area contributed by atoms with Crippen molar-refractivity contribution in [3.8, 4) is 0 Å². The number of allylic oxidation sites excluding steroid dienone is 2. The fourth-order valence-corrected chi connectivity index (χ4v) is 3.89. The van der Waals surface area contributed by atoms with E-state index in [4.69, 9.17) is 5.11 Å². The largest absolute Gasteiger partial charge is 0.481 e. The Balaban J connectivity index is 1.90. The van der Waals surface area contributed by atoms with E-state index in [1.54, 1.807) is 0 Å². The molecule has 0 radical (unpaired) electrons. The van der Waals surface area contributed by atoms with Crippen molar-refractivity contribution in [1.82, 2.24) is 0 Å². The molecule has 176 valence electrons. The van der Waals surface area contributed by atoms with E-state index in [1.807, 2.05) is 0 Å². The lowest BCUT2D eigenvalue weighted by atomic mass is 10.1. The molecule has 1 aromatic rings. The summed E-state index contributed by atoms with van der Waals surface area (Å²) in [6.07, 6.45) is 25.3. The molecule has 0 unspecified atom stereocenters. The van der Waals surface area contributed by atoms with Crippen LogP contribution in [0.5, 0.6) is 0 Å². The number of rotatable bonds is 21. The highest BCUT2D eigenvalue weighted by Crippen LogP contribution is 2.14. The molecule has 0 heterocycles. The van der Waals surface area contributed by atoms with Gasteiger partial charge in [-0.05, 0) is 62.6 Å². The van der Waals surface area contributed by atoms with Crippen molar-refractivity contribution < 1.29 is 9.90 Å². The number of aliphatic carboxylic acids is 1. The number of carboxylic acid groups (broad SMARTS) is 1. The third-order valence-electron chi connectivity index (χ3n) is 5.80. The molecule has 1 aromatic carbocycles. The third kappa shape index (κ3) is 17.6. The molecule has 1 rings (SSSR count). The van der Waals surface area contributed by atoms with E-state index in [9.17, 15) is 4.79 Å². The monoisotopic (exact) mass is 429 g/mol. The van der Waals surface area contributed by atoms with Gasteiger partial charge in [-0.3, -0.25) is 4.79 Å². The average Bonchev–Trinajstić information content (AvgIpc) is 2.76. The first kappa shape index (κ1) is 27.3. The number of aryl methyl sites for hydroxylation is 1. The molecule has 2 N–H and O–H groups in total. The van der Waals surface area contributed by atoms with Crippen LogP contribution in [0.3, 0.4) is 0 Å². The number of unbranched alkanes of at least 4 members (excludes halogenated alkanes) is 12. The molecule has 3 heteroatoms. The Morgan fingerprint density at radius 1 is 0.839 bits per heavy atom. The topological polar surface area (TPSA) is 49.3 Å². The lowest BCUT2D eigenvalue weighted by molar-refractivity contribution is -0.137. The van der Waals surface area contributed by atoms with Crippen LogP contribution in [0, 0.1) is 0 Å². The minimum atomic E-state index is -0.714. The zero-order valence-corrected chi connectivity index (χ0v) is 20.0. The summed E-state index contributed by atoms with van der Waals surface area (Å²) in [5.74, 6) is -0.714. The standard InChI is InChI=1S/C28H47NO2/c1-2-3-4-5-6-7-8-9-10-11-12-13-14-15-16-17-24-29-27-22-18-20-26(25-27)21-19-23-28(30)31/h9-10,18,20,22,25,29H,2-8,11-17,19,21,23-24H2,1H3,(H,30,31). The Labute approximate surface area is 191 Å². The van der Waals surface area contributed by atoms with E-state index in [1.165, 1.54) is 95.5 Å². The lowest BCUT2D eigenvalue weighted by Gasteiger charge is -2.08. The van der Waals surface area contributed by atoms with Crippen molar-refractivity contribution in [2.75, 3.05) is 11.9 Å². The van der Waals surface area contributed by atoms with Crippen LogP contribution in [0.25, 0.3) is 0 Å². The first-order valence-electron chi connectivity index (χ1n) is 12.9. The fraction of sp³-hybridized carbons (Fsp3) is 0.679. The van der Waals surface area contributed by atoms with Gasteiger partial charge >= 0.3 is 5.97 Å². The van der Waals surface area contributed by atoms with Crippen LogP contribution in [0.15, 0.2) is 36.4 Å². The Morgan fingerprint density at radius 3 is 2.10 bits per heavy atom. The first-order chi connectivity index (χ1) is 15.2. The smallest absolute Gasteiger partial charge is 0.303 e. The van der Waals surface area contributed by atoms with Crippen molar-refractivity contribution >= 4 is 11.7 Å². The second-order valence-corrected chi connectivity index (χ2v) is 8.81. The highest BCUT2D eigenvalue weighted by molar-refractivity contribution is 5.66. The molecule has 0 aliphatic heterocycles.